The van der Waals surface area contributed by atoms with Crippen LogP contribution in [0.4, 0.5) is 13.2 Å². The van der Waals surface area contributed by atoms with Gasteiger partial charge in [-0.15, -0.1) is 24.0 Å². The molecule has 9 heteroatoms. The number of methoxy groups -OCH3 is 1. The first kappa shape index (κ1) is 24.7. The number of hydrogen-bond acceptors (Lipinski definition) is 3. The normalized spacial score (nSPS) is 19.5. The first-order valence-electron chi connectivity index (χ1n) is 10.0. The molecule has 0 aromatic heterocycles. The number of alkyl halides is 3. The van der Waals surface area contributed by atoms with Crippen LogP contribution in [0.1, 0.15) is 43.2 Å². The van der Waals surface area contributed by atoms with E-state index in [9.17, 15) is 18.0 Å². The molecule has 1 aromatic carbocycles. The van der Waals surface area contributed by atoms with Crippen molar-refractivity contribution >= 4 is 35.9 Å². The van der Waals surface area contributed by atoms with Gasteiger partial charge < -0.3 is 15.0 Å². The number of carbonyl (C=O) groups excluding carboxylic acids is 1. The molecule has 3 rings (SSSR count). The molecule has 1 N–H and O–H groups in total. The van der Waals surface area contributed by atoms with Gasteiger partial charge in [0.15, 0.2) is 5.96 Å². The molecule has 2 aliphatic rings. The van der Waals surface area contributed by atoms with E-state index in [1.54, 1.807) is 13.1 Å². The Morgan fingerprint density at radius 1 is 1.30 bits per heavy atom. The van der Waals surface area contributed by atoms with Gasteiger partial charge in [-0.25, -0.2) is 0 Å². The summed E-state index contributed by atoms with van der Waals surface area (Å²) >= 11 is 0. The summed E-state index contributed by atoms with van der Waals surface area (Å²) in [7, 11) is 3.10. The van der Waals surface area contributed by atoms with Crippen molar-refractivity contribution in [3.63, 3.8) is 0 Å². The zero-order valence-electron chi connectivity index (χ0n) is 17.3. The molecule has 0 amide bonds. The number of ether oxygens (including phenoxy) is 1. The summed E-state index contributed by atoms with van der Waals surface area (Å²) in [6, 6.07) is 5.68. The van der Waals surface area contributed by atoms with Crippen LogP contribution in [0, 0.1) is 5.92 Å². The van der Waals surface area contributed by atoms with Crippen molar-refractivity contribution in [1.29, 1.82) is 0 Å². The summed E-state index contributed by atoms with van der Waals surface area (Å²) in [5.74, 6) is 0.467. The van der Waals surface area contributed by atoms with Crippen molar-refractivity contribution in [3.05, 3.63) is 35.4 Å². The zero-order chi connectivity index (χ0) is 21.1. The molecule has 1 aliphatic heterocycles. The number of nitrogens with one attached hydrogen (secondary N) is 1. The highest BCUT2D eigenvalue weighted by atomic mass is 127. The molecule has 0 unspecified atom stereocenters. The number of hydrogen-bond donors (Lipinski definition) is 1. The van der Waals surface area contributed by atoms with E-state index in [4.69, 9.17) is 4.74 Å². The van der Waals surface area contributed by atoms with E-state index in [2.05, 4.69) is 15.2 Å². The summed E-state index contributed by atoms with van der Waals surface area (Å²) in [6.45, 7) is 1.92. The Hall–Kier alpha value is -1.52. The minimum Gasteiger partial charge on any atom is -0.469 e. The van der Waals surface area contributed by atoms with E-state index in [-0.39, 0.29) is 41.3 Å². The predicted octanol–water partition coefficient (Wildman–Crippen LogP) is 4.21. The molecule has 1 aliphatic carbocycles. The van der Waals surface area contributed by atoms with Crippen LogP contribution < -0.4 is 5.32 Å². The number of aliphatic imine (C=N–C) groups is 1. The highest BCUT2D eigenvalue weighted by Gasteiger charge is 2.41. The molecule has 168 valence electrons. The standard InChI is InChI=1S/C21H28F3N3O2.HI/c1-25-19(27-11-7-15(8-12-27)18(28)29-2)26-14-20(9-4-10-20)16-5-3-6-17(13-16)21(22,23)24;/h3,5-6,13,15H,4,7-12,14H2,1-2H3,(H,25,26);1H. The summed E-state index contributed by atoms with van der Waals surface area (Å²) in [5.41, 5.74) is -0.178. The van der Waals surface area contributed by atoms with E-state index in [1.807, 2.05) is 0 Å². The summed E-state index contributed by atoms with van der Waals surface area (Å²) in [4.78, 5) is 18.1. The molecule has 2 fully saturated rings. The molecule has 0 spiro atoms. The maximum absolute atomic E-state index is 13.1. The third kappa shape index (κ3) is 5.39. The van der Waals surface area contributed by atoms with Gasteiger partial charge in [-0.1, -0.05) is 24.6 Å². The summed E-state index contributed by atoms with van der Waals surface area (Å²) in [6.07, 6.45) is -0.237. The minimum atomic E-state index is -4.34. The number of nitrogens with zero attached hydrogens (tertiary/aromatic N) is 2. The predicted molar refractivity (Wildman–Crippen MR) is 120 cm³/mol. The molecule has 1 heterocycles. The van der Waals surface area contributed by atoms with Crippen LogP contribution in [0.3, 0.4) is 0 Å². The van der Waals surface area contributed by atoms with Gasteiger partial charge in [0.05, 0.1) is 18.6 Å². The second kappa shape index (κ2) is 10.2. The van der Waals surface area contributed by atoms with Crippen molar-refractivity contribution in [2.75, 3.05) is 33.8 Å². The molecule has 1 saturated carbocycles. The highest BCUT2D eigenvalue weighted by Crippen LogP contribution is 2.44. The van der Waals surface area contributed by atoms with Crippen LogP contribution in [0.25, 0.3) is 0 Å². The van der Waals surface area contributed by atoms with E-state index in [0.29, 0.717) is 32.5 Å². The number of piperidine rings is 1. The monoisotopic (exact) mass is 539 g/mol. The number of rotatable bonds is 4. The Balaban J connectivity index is 0.00000320. The average molecular weight is 539 g/mol. The number of benzene rings is 1. The average Bonchev–Trinajstić information content (AvgIpc) is 2.69. The lowest BCUT2D eigenvalue weighted by Crippen LogP contribution is -2.52. The molecular weight excluding hydrogens is 510 g/mol. The summed E-state index contributed by atoms with van der Waals surface area (Å²) < 4.78 is 44.2. The highest BCUT2D eigenvalue weighted by molar-refractivity contribution is 14.0. The maximum atomic E-state index is 13.1. The Morgan fingerprint density at radius 3 is 2.47 bits per heavy atom. The van der Waals surface area contributed by atoms with Gasteiger partial charge in [-0.2, -0.15) is 13.2 Å². The van der Waals surface area contributed by atoms with Gasteiger partial charge in [-0.3, -0.25) is 9.79 Å². The Labute approximate surface area is 192 Å². The number of likely N-dealkylation sites (tertiary alicyclic amines) is 1. The van der Waals surface area contributed by atoms with E-state index in [1.165, 1.54) is 19.2 Å². The molecule has 0 atom stereocenters. The van der Waals surface area contributed by atoms with Gasteiger partial charge in [0, 0.05) is 32.1 Å². The maximum Gasteiger partial charge on any atom is 0.416 e. The van der Waals surface area contributed by atoms with Crippen LogP contribution in [-0.4, -0.2) is 50.6 Å². The van der Waals surface area contributed by atoms with E-state index >= 15 is 0 Å². The fraction of sp³-hybridized carbons (Fsp3) is 0.619. The number of halogens is 4. The Bertz CT molecular complexity index is 758. The lowest BCUT2D eigenvalue weighted by atomic mass is 9.64. The molecular formula is C21H29F3IN3O2. The minimum absolute atomic E-state index is 0. The molecule has 1 saturated heterocycles. The van der Waals surface area contributed by atoms with Crippen LogP contribution in [0.15, 0.2) is 29.3 Å². The first-order chi connectivity index (χ1) is 13.8. The SMILES string of the molecule is CN=C(NCC1(c2cccc(C(F)(F)F)c2)CCC1)N1CCC(C(=O)OC)CC1.I. The summed E-state index contributed by atoms with van der Waals surface area (Å²) in [5, 5.41) is 3.38. The third-order valence-electron chi connectivity index (χ3n) is 6.24. The van der Waals surface area contributed by atoms with Crippen LogP contribution in [0.5, 0.6) is 0 Å². The van der Waals surface area contributed by atoms with Crippen molar-refractivity contribution in [1.82, 2.24) is 10.2 Å². The van der Waals surface area contributed by atoms with Crippen molar-refractivity contribution in [2.24, 2.45) is 10.9 Å². The second-order valence-corrected chi connectivity index (χ2v) is 7.90. The van der Waals surface area contributed by atoms with Crippen LogP contribution in [0.2, 0.25) is 0 Å². The van der Waals surface area contributed by atoms with E-state index < -0.39 is 11.7 Å². The number of guanidine groups is 1. The largest absolute Gasteiger partial charge is 0.469 e. The number of esters is 1. The van der Waals surface area contributed by atoms with Gasteiger partial charge in [0.25, 0.3) is 0 Å². The van der Waals surface area contributed by atoms with Crippen molar-refractivity contribution in [3.8, 4) is 0 Å². The van der Waals surface area contributed by atoms with Crippen LogP contribution in [-0.2, 0) is 21.1 Å². The van der Waals surface area contributed by atoms with Gasteiger partial charge in [0.1, 0.15) is 0 Å². The van der Waals surface area contributed by atoms with Crippen molar-refractivity contribution in [2.45, 2.75) is 43.7 Å². The van der Waals surface area contributed by atoms with Gasteiger partial charge >= 0.3 is 12.1 Å². The van der Waals surface area contributed by atoms with Crippen molar-refractivity contribution < 1.29 is 22.7 Å². The van der Waals surface area contributed by atoms with Crippen LogP contribution >= 0.6 is 24.0 Å². The molecule has 5 nitrogen and oxygen atoms in total. The fourth-order valence-electron chi connectivity index (χ4n) is 4.27. The Morgan fingerprint density at radius 2 is 1.97 bits per heavy atom. The third-order valence-corrected chi connectivity index (χ3v) is 6.24. The fourth-order valence-corrected chi connectivity index (χ4v) is 4.27. The van der Waals surface area contributed by atoms with Gasteiger partial charge in [-0.05, 0) is 37.3 Å². The second-order valence-electron chi connectivity index (χ2n) is 7.90. The zero-order valence-corrected chi connectivity index (χ0v) is 19.6. The molecule has 30 heavy (non-hydrogen) atoms. The molecule has 0 bridgehead atoms. The smallest absolute Gasteiger partial charge is 0.416 e. The van der Waals surface area contributed by atoms with Gasteiger partial charge in [0.2, 0.25) is 0 Å². The van der Waals surface area contributed by atoms with E-state index in [0.717, 1.165) is 36.9 Å². The number of carbonyl (C=O) groups is 1. The first-order valence-corrected chi connectivity index (χ1v) is 10.0. The Kier molecular flexibility index (Phi) is 8.41. The topological polar surface area (TPSA) is 53.9 Å². The molecule has 0 radical (unpaired) electrons. The lowest BCUT2D eigenvalue weighted by Gasteiger charge is -2.44. The molecule has 1 aromatic rings. The lowest BCUT2D eigenvalue weighted by molar-refractivity contribution is -0.146. The quantitative estimate of drug-likeness (QED) is 0.270.